The van der Waals surface area contributed by atoms with Gasteiger partial charge in [0.25, 0.3) is 0 Å². The first-order valence-electron chi connectivity index (χ1n) is 5.48. The summed E-state index contributed by atoms with van der Waals surface area (Å²) in [5.74, 6) is 0.0203. The molecule has 0 fully saturated rings. The predicted octanol–water partition coefficient (Wildman–Crippen LogP) is 3.19. The van der Waals surface area contributed by atoms with Gasteiger partial charge in [-0.3, -0.25) is 4.98 Å². The fraction of sp³-hybridized carbons (Fsp3) is 0.385. The second-order valence-corrected chi connectivity index (χ2v) is 4.61. The molecule has 17 heavy (non-hydrogen) atoms. The zero-order valence-electron chi connectivity index (χ0n) is 10.0. The first-order valence-corrected chi connectivity index (χ1v) is 6.60. The molecule has 0 atom stereocenters. The minimum absolute atomic E-state index is 0.329. The molecule has 1 aromatic rings. The molecule has 0 amide bonds. The van der Waals surface area contributed by atoms with E-state index in [1.165, 1.54) is 6.08 Å². The number of ether oxygens (including phenoxy) is 1. The van der Waals surface area contributed by atoms with Crippen LogP contribution in [0.25, 0.3) is 6.08 Å². The van der Waals surface area contributed by atoms with Crippen molar-refractivity contribution in [3.63, 3.8) is 0 Å². The molecule has 3 nitrogen and oxygen atoms in total. The van der Waals surface area contributed by atoms with Crippen LogP contribution >= 0.6 is 15.9 Å². The molecular formula is C13H16BrNO2. The lowest BCUT2D eigenvalue weighted by Gasteiger charge is -2.03. The molecule has 1 rings (SSSR count). The predicted molar refractivity (Wildman–Crippen MR) is 71.7 cm³/mol. The number of carbonyl (C=O) groups is 1. The minimum Gasteiger partial charge on any atom is -0.462 e. The lowest BCUT2D eigenvalue weighted by atomic mass is 10.2. The number of pyridine rings is 1. The van der Waals surface area contributed by atoms with Crippen molar-refractivity contribution in [1.82, 2.24) is 4.98 Å². The lowest BCUT2D eigenvalue weighted by molar-refractivity contribution is -0.138. The number of nitrogens with zero attached hydrogens (tertiary/aromatic N) is 1. The van der Waals surface area contributed by atoms with Gasteiger partial charge < -0.3 is 4.74 Å². The van der Waals surface area contributed by atoms with Gasteiger partial charge in [0.15, 0.2) is 0 Å². The molecule has 0 spiro atoms. The highest BCUT2D eigenvalue weighted by molar-refractivity contribution is 9.08. The number of rotatable bonds is 5. The summed E-state index contributed by atoms with van der Waals surface area (Å²) >= 11 is 3.33. The highest BCUT2D eigenvalue weighted by Crippen LogP contribution is 2.05. The number of aromatic nitrogens is 1. The van der Waals surface area contributed by atoms with Crippen LogP contribution in [0.15, 0.2) is 24.3 Å². The summed E-state index contributed by atoms with van der Waals surface area (Å²) in [5.41, 5.74) is 1.69. The Bertz CT molecular complexity index is 402. The number of alkyl halides is 1. The summed E-state index contributed by atoms with van der Waals surface area (Å²) in [5, 5.41) is 0.701. The average Bonchev–Trinajstić information content (AvgIpc) is 2.34. The van der Waals surface area contributed by atoms with Gasteiger partial charge in [-0.15, -0.1) is 0 Å². The molecule has 0 aliphatic rings. The van der Waals surface area contributed by atoms with Gasteiger partial charge in [-0.05, 0) is 24.1 Å². The van der Waals surface area contributed by atoms with Gasteiger partial charge >= 0.3 is 5.97 Å². The summed E-state index contributed by atoms with van der Waals surface area (Å²) in [4.78, 5) is 15.6. The Kier molecular flexibility index (Phi) is 5.91. The molecule has 1 heterocycles. The van der Waals surface area contributed by atoms with Crippen LogP contribution in [0.2, 0.25) is 0 Å². The molecule has 0 aliphatic heterocycles. The number of carbonyl (C=O) groups excluding carboxylic acids is 1. The van der Waals surface area contributed by atoms with Crippen molar-refractivity contribution in [2.45, 2.75) is 19.2 Å². The van der Waals surface area contributed by atoms with Gasteiger partial charge in [-0.2, -0.15) is 0 Å². The third kappa shape index (κ3) is 5.63. The van der Waals surface area contributed by atoms with E-state index in [0.29, 0.717) is 17.9 Å². The highest BCUT2D eigenvalue weighted by atomic mass is 79.9. The fourth-order valence-electron chi connectivity index (χ4n) is 1.12. The molecule has 4 heteroatoms. The maximum Gasteiger partial charge on any atom is 0.330 e. The maximum atomic E-state index is 11.3. The molecule has 0 aromatic carbocycles. The number of halogens is 1. The monoisotopic (exact) mass is 297 g/mol. The lowest BCUT2D eigenvalue weighted by Crippen LogP contribution is -2.07. The van der Waals surface area contributed by atoms with E-state index in [1.54, 1.807) is 6.08 Å². The van der Waals surface area contributed by atoms with Crippen LogP contribution < -0.4 is 0 Å². The van der Waals surface area contributed by atoms with Crippen molar-refractivity contribution in [1.29, 1.82) is 0 Å². The van der Waals surface area contributed by atoms with Crippen LogP contribution in [0.1, 0.15) is 25.2 Å². The summed E-state index contributed by atoms with van der Waals surface area (Å²) in [6.45, 7) is 4.44. The van der Waals surface area contributed by atoms with Gasteiger partial charge in [0.1, 0.15) is 0 Å². The van der Waals surface area contributed by atoms with Gasteiger partial charge in [0.05, 0.1) is 18.0 Å². The van der Waals surface area contributed by atoms with E-state index in [9.17, 15) is 4.79 Å². The van der Waals surface area contributed by atoms with Crippen LogP contribution in [0, 0.1) is 5.92 Å². The van der Waals surface area contributed by atoms with Crippen LogP contribution in [-0.2, 0) is 14.9 Å². The van der Waals surface area contributed by atoms with E-state index in [0.717, 1.165) is 11.4 Å². The molecule has 0 radical (unpaired) electrons. The Hall–Kier alpha value is -1.16. The third-order valence-corrected chi connectivity index (χ3v) is 2.49. The SMILES string of the molecule is CC(C)COC(=O)/C=C/c1cccc(CBr)n1. The molecule has 0 bridgehead atoms. The zero-order chi connectivity index (χ0) is 12.7. The first kappa shape index (κ1) is 13.9. The Morgan fingerprint density at radius 2 is 2.29 bits per heavy atom. The molecule has 0 N–H and O–H groups in total. The Labute approximate surface area is 110 Å². The van der Waals surface area contributed by atoms with E-state index >= 15 is 0 Å². The van der Waals surface area contributed by atoms with E-state index in [1.807, 2.05) is 32.0 Å². The van der Waals surface area contributed by atoms with Crippen LogP contribution in [0.5, 0.6) is 0 Å². The topological polar surface area (TPSA) is 39.2 Å². The van der Waals surface area contributed by atoms with E-state index in [-0.39, 0.29) is 5.97 Å². The van der Waals surface area contributed by atoms with Gasteiger partial charge in [-0.25, -0.2) is 4.79 Å². The number of hydrogen-bond donors (Lipinski definition) is 0. The molecular weight excluding hydrogens is 282 g/mol. The Morgan fingerprint density at radius 3 is 2.94 bits per heavy atom. The summed E-state index contributed by atoms with van der Waals surface area (Å²) in [6, 6.07) is 5.67. The van der Waals surface area contributed by atoms with E-state index in [2.05, 4.69) is 20.9 Å². The largest absolute Gasteiger partial charge is 0.462 e. The standard InChI is InChI=1S/C13H16BrNO2/c1-10(2)9-17-13(16)7-6-11-4-3-5-12(8-14)15-11/h3-7,10H,8-9H2,1-2H3/b7-6+. The third-order valence-electron chi connectivity index (χ3n) is 1.91. The van der Waals surface area contributed by atoms with Crippen LogP contribution in [0.4, 0.5) is 0 Å². The zero-order valence-corrected chi connectivity index (χ0v) is 11.6. The van der Waals surface area contributed by atoms with E-state index < -0.39 is 0 Å². The fourth-order valence-corrected chi connectivity index (χ4v) is 1.43. The van der Waals surface area contributed by atoms with Crippen molar-refractivity contribution in [3.8, 4) is 0 Å². The molecule has 1 aromatic heterocycles. The molecule has 0 saturated heterocycles. The molecule has 0 saturated carbocycles. The van der Waals surface area contributed by atoms with Crippen molar-refractivity contribution >= 4 is 28.0 Å². The van der Waals surface area contributed by atoms with Crippen LogP contribution in [0.3, 0.4) is 0 Å². The highest BCUT2D eigenvalue weighted by Gasteiger charge is 2.00. The Balaban J connectivity index is 2.54. The van der Waals surface area contributed by atoms with Gasteiger partial charge in [0.2, 0.25) is 0 Å². The minimum atomic E-state index is -0.329. The maximum absolute atomic E-state index is 11.3. The normalized spacial score (nSPS) is 11.1. The van der Waals surface area contributed by atoms with E-state index in [4.69, 9.17) is 4.74 Å². The van der Waals surface area contributed by atoms with Gasteiger partial charge in [-0.1, -0.05) is 35.8 Å². The van der Waals surface area contributed by atoms with Gasteiger partial charge in [0, 0.05) is 11.4 Å². The van der Waals surface area contributed by atoms with Crippen LogP contribution in [-0.4, -0.2) is 17.6 Å². The second-order valence-electron chi connectivity index (χ2n) is 4.04. The number of hydrogen-bond acceptors (Lipinski definition) is 3. The summed E-state index contributed by atoms with van der Waals surface area (Å²) in [6.07, 6.45) is 3.07. The Morgan fingerprint density at radius 1 is 1.53 bits per heavy atom. The van der Waals surface area contributed by atoms with Crippen molar-refractivity contribution in [2.24, 2.45) is 5.92 Å². The van der Waals surface area contributed by atoms with Crippen molar-refractivity contribution < 1.29 is 9.53 Å². The van der Waals surface area contributed by atoms with Crippen molar-refractivity contribution in [3.05, 3.63) is 35.7 Å². The molecule has 0 aliphatic carbocycles. The van der Waals surface area contributed by atoms with Crippen molar-refractivity contribution in [2.75, 3.05) is 6.61 Å². The quantitative estimate of drug-likeness (QED) is 0.476. The second kappa shape index (κ2) is 7.22. The average molecular weight is 298 g/mol. The smallest absolute Gasteiger partial charge is 0.330 e. The number of esters is 1. The first-order chi connectivity index (χ1) is 8.11. The molecule has 0 unspecified atom stereocenters. The molecule has 92 valence electrons. The summed E-state index contributed by atoms with van der Waals surface area (Å²) in [7, 11) is 0. The summed E-state index contributed by atoms with van der Waals surface area (Å²) < 4.78 is 5.02.